The van der Waals surface area contributed by atoms with Crippen LogP contribution in [0.4, 0.5) is 5.69 Å². The average Bonchev–Trinajstić information content (AvgIpc) is 3.09. The van der Waals surface area contributed by atoms with Crippen molar-refractivity contribution in [3.05, 3.63) is 63.2 Å². The molecule has 1 aromatic heterocycles. The number of hydrogen-bond donors (Lipinski definition) is 0. The van der Waals surface area contributed by atoms with Crippen molar-refractivity contribution in [2.75, 3.05) is 7.11 Å². The van der Waals surface area contributed by atoms with Gasteiger partial charge in [0.2, 0.25) is 5.89 Å². The maximum Gasteiger partial charge on any atom is 0.277 e. The quantitative estimate of drug-likeness (QED) is 0.352. The number of hydrogen-bond acceptors (Lipinski definition) is 7. The van der Waals surface area contributed by atoms with Gasteiger partial charge in [-0.3, -0.25) is 10.1 Å². The number of aromatic nitrogens is 2. The molecule has 25 heavy (non-hydrogen) atoms. The Hall–Kier alpha value is -2.58. The second-order valence-electron chi connectivity index (χ2n) is 4.93. The van der Waals surface area contributed by atoms with Gasteiger partial charge in [-0.2, -0.15) is 0 Å². The number of nitro groups is 1. The first-order valence-corrected chi connectivity index (χ1v) is 8.46. The molecule has 0 saturated carbocycles. The Morgan fingerprint density at radius 1 is 1.28 bits per heavy atom. The van der Waals surface area contributed by atoms with E-state index >= 15 is 0 Å². The molecular formula is C16H12ClN3O4S. The van der Waals surface area contributed by atoms with E-state index in [4.69, 9.17) is 20.8 Å². The van der Waals surface area contributed by atoms with Crippen LogP contribution >= 0.6 is 23.4 Å². The molecule has 0 N–H and O–H groups in total. The van der Waals surface area contributed by atoms with Crippen molar-refractivity contribution in [1.82, 2.24) is 10.2 Å². The number of thioether (sulfide) groups is 1. The SMILES string of the molecule is COc1ccc(Cl)cc1CSc1nnc(-c2cccc([N+](=O)[O-])c2)o1. The Morgan fingerprint density at radius 3 is 2.88 bits per heavy atom. The summed E-state index contributed by atoms with van der Waals surface area (Å²) >= 11 is 7.33. The summed E-state index contributed by atoms with van der Waals surface area (Å²) in [6.07, 6.45) is 0. The van der Waals surface area contributed by atoms with E-state index in [2.05, 4.69) is 10.2 Å². The van der Waals surface area contributed by atoms with Crippen LogP contribution in [0.2, 0.25) is 5.02 Å². The summed E-state index contributed by atoms with van der Waals surface area (Å²) in [5, 5.41) is 19.7. The first-order chi connectivity index (χ1) is 12.1. The summed E-state index contributed by atoms with van der Waals surface area (Å²) in [6, 6.07) is 11.4. The van der Waals surface area contributed by atoms with E-state index in [1.165, 1.54) is 23.9 Å². The predicted molar refractivity (Wildman–Crippen MR) is 94.0 cm³/mol. The molecule has 0 atom stereocenters. The van der Waals surface area contributed by atoms with E-state index in [1.54, 1.807) is 31.4 Å². The third kappa shape index (κ3) is 4.09. The molecule has 0 spiro atoms. The minimum absolute atomic E-state index is 0.0337. The van der Waals surface area contributed by atoms with Gasteiger partial charge in [0, 0.05) is 34.0 Å². The molecule has 0 aliphatic heterocycles. The summed E-state index contributed by atoms with van der Waals surface area (Å²) in [6.45, 7) is 0. The number of nitrogens with zero attached hydrogens (tertiary/aromatic N) is 3. The molecule has 0 aliphatic carbocycles. The van der Waals surface area contributed by atoms with Crippen molar-refractivity contribution >= 4 is 29.1 Å². The molecule has 0 bridgehead atoms. The zero-order valence-electron chi connectivity index (χ0n) is 13.0. The molecule has 3 aromatic rings. The van der Waals surface area contributed by atoms with Crippen LogP contribution in [0.3, 0.4) is 0 Å². The molecule has 0 radical (unpaired) electrons. The number of benzene rings is 2. The number of nitro benzene ring substituents is 1. The summed E-state index contributed by atoms with van der Waals surface area (Å²) in [7, 11) is 1.59. The molecule has 7 nitrogen and oxygen atoms in total. The molecule has 0 aliphatic rings. The monoisotopic (exact) mass is 377 g/mol. The van der Waals surface area contributed by atoms with Crippen molar-refractivity contribution in [1.29, 1.82) is 0 Å². The summed E-state index contributed by atoms with van der Waals surface area (Å²) < 4.78 is 10.9. The van der Waals surface area contributed by atoms with Crippen molar-refractivity contribution in [3.8, 4) is 17.2 Å². The lowest BCUT2D eigenvalue weighted by molar-refractivity contribution is -0.384. The van der Waals surface area contributed by atoms with Crippen LogP contribution in [0.15, 0.2) is 52.1 Å². The smallest absolute Gasteiger partial charge is 0.277 e. The summed E-state index contributed by atoms with van der Waals surface area (Å²) in [4.78, 5) is 10.4. The molecule has 0 fully saturated rings. The molecule has 2 aromatic carbocycles. The van der Waals surface area contributed by atoms with E-state index < -0.39 is 4.92 Å². The van der Waals surface area contributed by atoms with Crippen molar-refractivity contribution in [2.45, 2.75) is 11.0 Å². The fraction of sp³-hybridized carbons (Fsp3) is 0.125. The van der Waals surface area contributed by atoms with E-state index in [0.717, 1.165) is 11.3 Å². The highest BCUT2D eigenvalue weighted by molar-refractivity contribution is 7.98. The highest BCUT2D eigenvalue weighted by Crippen LogP contribution is 2.31. The lowest BCUT2D eigenvalue weighted by atomic mass is 10.2. The maximum absolute atomic E-state index is 10.8. The Labute approximate surface area is 152 Å². The van der Waals surface area contributed by atoms with Crippen molar-refractivity contribution < 1.29 is 14.1 Å². The summed E-state index contributed by atoms with van der Waals surface area (Å²) in [5.41, 5.74) is 1.36. The predicted octanol–water partition coefficient (Wildman–Crippen LogP) is 4.60. The third-order valence-electron chi connectivity index (χ3n) is 3.30. The highest BCUT2D eigenvalue weighted by atomic mass is 35.5. The lowest BCUT2D eigenvalue weighted by Crippen LogP contribution is -1.90. The van der Waals surface area contributed by atoms with E-state index in [1.807, 2.05) is 6.07 Å². The van der Waals surface area contributed by atoms with E-state index in [9.17, 15) is 10.1 Å². The summed E-state index contributed by atoms with van der Waals surface area (Å²) in [5.74, 6) is 1.47. The fourth-order valence-corrected chi connectivity index (χ4v) is 3.07. The van der Waals surface area contributed by atoms with Gasteiger partial charge < -0.3 is 9.15 Å². The second-order valence-corrected chi connectivity index (χ2v) is 6.29. The standard InChI is InChI=1S/C16H12ClN3O4S/c1-23-14-6-5-12(17)7-11(14)9-25-16-19-18-15(24-16)10-3-2-4-13(8-10)20(21)22/h2-8H,9H2,1H3. The Kier molecular flexibility index (Phi) is 5.20. The van der Waals surface area contributed by atoms with Gasteiger partial charge in [0.1, 0.15) is 5.75 Å². The zero-order valence-corrected chi connectivity index (χ0v) is 14.6. The first kappa shape index (κ1) is 17.2. The molecule has 128 valence electrons. The number of rotatable bonds is 6. The van der Waals surface area contributed by atoms with Gasteiger partial charge in [-0.05, 0) is 24.3 Å². The van der Waals surface area contributed by atoms with Gasteiger partial charge >= 0.3 is 0 Å². The lowest BCUT2D eigenvalue weighted by Gasteiger charge is -2.07. The topological polar surface area (TPSA) is 91.3 Å². The number of methoxy groups -OCH3 is 1. The Morgan fingerprint density at radius 2 is 2.12 bits per heavy atom. The molecule has 1 heterocycles. The Bertz CT molecular complexity index is 916. The number of halogens is 1. The van der Waals surface area contributed by atoms with Crippen LogP contribution in [0, 0.1) is 10.1 Å². The van der Waals surface area contributed by atoms with Crippen LogP contribution in [-0.4, -0.2) is 22.2 Å². The molecule has 0 amide bonds. The third-order valence-corrected chi connectivity index (χ3v) is 4.41. The normalized spacial score (nSPS) is 10.6. The van der Waals surface area contributed by atoms with Gasteiger partial charge in [0.15, 0.2) is 0 Å². The fourth-order valence-electron chi connectivity index (χ4n) is 2.14. The van der Waals surface area contributed by atoms with E-state index in [-0.39, 0.29) is 11.6 Å². The van der Waals surface area contributed by atoms with Crippen LogP contribution < -0.4 is 4.74 Å². The average molecular weight is 378 g/mol. The van der Waals surface area contributed by atoms with Gasteiger partial charge in [0.05, 0.1) is 12.0 Å². The first-order valence-electron chi connectivity index (χ1n) is 7.10. The Balaban J connectivity index is 1.75. The minimum Gasteiger partial charge on any atom is -0.496 e. The van der Waals surface area contributed by atoms with E-state index in [0.29, 0.717) is 21.6 Å². The van der Waals surface area contributed by atoms with Crippen LogP contribution in [0.25, 0.3) is 11.5 Å². The highest BCUT2D eigenvalue weighted by Gasteiger charge is 2.14. The van der Waals surface area contributed by atoms with Gasteiger partial charge in [-0.15, -0.1) is 10.2 Å². The number of non-ortho nitro benzene ring substituents is 1. The molecule has 9 heteroatoms. The van der Waals surface area contributed by atoms with Crippen molar-refractivity contribution in [2.24, 2.45) is 0 Å². The molecular weight excluding hydrogens is 366 g/mol. The molecule has 0 unspecified atom stereocenters. The molecule has 0 saturated heterocycles. The van der Waals surface area contributed by atoms with Gasteiger partial charge in [-0.1, -0.05) is 29.4 Å². The molecule has 3 rings (SSSR count). The largest absolute Gasteiger partial charge is 0.496 e. The zero-order chi connectivity index (χ0) is 17.8. The van der Waals surface area contributed by atoms with Crippen molar-refractivity contribution in [3.63, 3.8) is 0 Å². The number of ether oxygens (including phenoxy) is 1. The second kappa shape index (κ2) is 7.54. The van der Waals surface area contributed by atoms with Crippen LogP contribution in [0.5, 0.6) is 5.75 Å². The minimum atomic E-state index is -0.471. The van der Waals surface area contributed by atoms with Gasteiger partial charge in [0.25, 0.3) is 10.9 Å². The van der Waals surface area contributed by atoms with Gasteiger partial charge in [-0.25, -0.2) is 0 Å². The van der Waals surface area contributed by atoms with Crippen LogP contribution in [-0.2, 0) is 5.75 Å². The maximum atomic E-state index is 10.8. The van der Waals surface area contributed by atoms with Crippen LogP contribution in [0.1, 0.15) is 5.56 Å².